The van der Waals surface area contributed by atoms with Crippen LogP contribution in [-0.2, 0) is 6.61 Å². The van der Waals surface area contributed by atoms with Gasteiger partial charge in [0.1, 0.15) is 30.1 Å². The van der Waals surface area contributed by atoms with Crippen molar-refractivity contribution in [3.05, 3.63) is 91.1 Å². The molecule has 1 aliphatic carbocycles. The zero-order chi connectivity index (χ0) is 25.0. The minimum Gasteiger partial charge on any atom is -0.489 e. The molecule has 0 spiro atoms. The molecule has 8 nitrogen and oxygen atoms in total. The van der Waals surface area contributed by atoms with Crippen molar-refractivity contribution in [1.29, 1.82) is 0 Å². The van der Waals surface area contributed by atoms with Gasteiger partial charge in [-0.15, -0.1) is 0 Å². The normalized spacial score (nSPS) is 17.5. The molecule has 0 radical (unpaired) electrons. The molecule has 8 heteroatoms. The number of anilines is 2. The second kappa shape index (κ2) is 10.3. The van der Waals surface area contributed by atoms with Crippen LogP contribution in [0.5, 0.6) is 5.75 Å². The lowest BCUT2D eigenvalue weighted by Gasteiger charge is -2.30. The Morgan fingerprint density at radius 3 is 2.51 bits per heavy atom. The van der Waals surface area contributed by atoms with Crippen molar-refractivity contribution in [2.75, 3.05) is 11.1 Å². The third-order valence-corrected chi connectivity index (χ3v) is 7.02. The molecule has 2 aromatic carbocycles. The summed E-state index contributed by atoms with van der Waals surface area (Å²) in [5, 5.41) is 4.36. The quantitative estimate of drug-likeness (QED) is 0.303. The summed E-state index contributed by atoms with van der Waals surface area (Å²) in [4.78, 5) is 17.6. The van der Waals surface area contributed by atoms with E-state index in [1.54, 1.807) is 18.7 Å². The van der Waals surface area contributed by atoms with E-state index in [0.29, 0.717) is 30.5 Å². The van der Waals surface area contributed by atoms with E-state index in [2.05, 4.69) is 60.3 Å². The highest BCUT2D eigenvalue weighted by Gasteiger charge is 2.26. The van der Waals surface area contributed by atoms with Crippen molar-refractivity contribution in [1.82, 2.24) is 24.5 Å². The van der Waals surface area contributed by atoms with E-state index in [0.717, 1.165) is 59.2 Å². The predicted molar refractivity (Wildman–Crippen MR) is 145 cm³/mol. The minimum absolute atomic E-state index is 0.331. The zero-order valence-corrected chi connectivity index (χ0v) is 20.5. The molecule has 0 unspecified atom stereocenters. The van der Waals surface area contributed by atoms with Crippen molar-refractivity contribution < 1.29 is 4.74 Å². The van der Waals surface area contributed by atoms with Crippen molar-refractivity contribution in [2.24, 2.45) is 0 Å². The first-order chi connectivity index (χ1) is 18.2. The first kappa shape index (κ1) is 23.0. The average molecular weight is 492 g/mol. The molecule has 0 aliphatic heterocycles. The van der Waals surface area contributed by atoms with E-state index in [4.69, 9.17) is 10.5 Å². The lowest BCUT2D eigenvalue weighted by molar-refractivity contribution is 0.306. The Labute approximate surface area is 215 Å². The summed E-state index contributed by atoms with van der Waals surface area (Å²) < 4.78 is 8.38. The van der Waals surface area contributed by atoms with Gasteiger partial charge >= 0.3 is 0 Å². The molecular formula is C29H29N7O. The Balaban J connectivity index is 1.25. The van der Waals surface area contributed by atoms with Gasteiger partial charge in [0.2, 0.25) is 5.95 Å². The Morgan fingerprint density at radius 2 is 1.70 bits per heavy atom. The number of benzene rings is 2. The van der Waals surface area contributed by atoms with Gasteiger partial charge in [-0.3, -0.25) is 0 Å². The van der Waals surface area contributed by atoms with Gasteiger partial charge in [0.15, 0.2) is 0 Å². The molecule has 1 saturated carbocycles. The lowest BCUT2D eigenvalue weighted by Crippen LogP contribution is -2.28. The largest absolute Gasteiger partial charge is 0.489 e. The molecule has 3 N–H and O–H groups in total. The molecule has 3 heterocycles. The molecule has 3 aromatic heterocycles. The van der Waals surface area contributed by atoms with Gasteiger partial charge in [-0.25, -0.2) is 19.9 Å². The first-order valence-corrected chi connectivity index (χ1v) is 12.7. The fourth-order valence-electron chi connectivity index (χ4n) is 5.15. The van der Waals surface area contributed by atoms with E-state index in [9.17, 15) is 0 Å². The van der Waals surface area contributed by atoms with E-state index in [1.807, 2.05) is 36.4 Å². The molecule has 5 aromatic rings. The van der Waals surface area contributed by atoms with Gasteiger partial charge in [0, 0.05) is 36.2 Å². The first-order valence-electron chi connectivity index (χ1n) is 12.7. The standard InChI is InChI=1S/C29H29N7O/c30-27-26-25(21-8-4-9-24(16-21)37-18-20-6-2-1-3-7-20)17-36(28(26)34-19-33-27)23-12-10-22(11-13-23)35-29-31-14-5-15-32-29/h1-9,14-17,19,22-23H,10-13,18H2,(H2,30,33,34)(H,31,32,35)/t22-,23+. The van der Waals surface area contributed by atoms with Crippen LogP contribution in [0.2, 0.25) is 0 Å². The summed E-state index contributed by atoms with van der Waals surface area (Å²) in [7, 11) is 0. The van der Waals surface area contributed by atoms with Gasteiger partial charge in [-0.2, -0.15) is 0 Å². The SMILES string of the molecule is Nc1ncnc2c1c(-c1cccc(OCc3ccccc3)c1)cn2[C@H]1CC[C@@H](Nc2ncccn2)CC1. The molecule has 1 fully saturated rings. The van der Waals surface area contributed by atoms with Crippen LogP contribution in [0.25, 0.3) is 22.2 Å². The number of fused-ring (bicyclic) bond motifs is 1. The number of nitrogens with two attached hydrogens (primary N) is 1. The monoisotopic (exact) mass is 491 g/mol. The fourth-order valence-corrected chi connectivity index (χ4v) is 5.15. The summed E-state index contributed by atoms with van der Waals surface area (Å²) in [6, 6.07) is 20.8. The topological polar surface area (TPSA) is 104 Å². The molecule has 0 saturated heterocycles. The van der Waals surface area contributed by atoms with Gasteiger partial charge in [0.25, 0.3) is 0 Å². The van der Waals surface area contributed by atoms with Crippen LogP contribution in [-0.4, -0.2) is 30.5 Å². The van der Waals surface area contributed by atoms with Crippen molar-refractivity contribution in [3.63, 3.8) is 0 Å². The van der Waals surface area contributed by atoms with Crippen LogP contribution in [0.1, 0.15) is 37.3 Å². The third kappa shape index (κ3) is 4.95. The predicted octanol–water partition coefficient (Wildman–Crippen LogP) is 5.65. The number of nitrogen functional groups attached to an aromatic ring is 1. The van der Waals surface area contributed by atoms with E-state index < -0.39 is 0 Å². The van der Waals surface area contributed by atoms with Gasteiger partial charge in [0.05, 0.1) is 5.39 Å². The zero-order valence-electron chi connectivity index (χ0n) is 20.5. The molecule has 0 atom stereocenters. The minimum atomic E-state index is 0.331. The third-order valence-electron chi connectivity index (χ3n) is 7.02. The Bertz CT molecular complexity index is 1480. The molecule has 6 rings (SSSR count). The summed E-state index contributed by atoms with van der Waals surface area (Å²) in [6.45, 7) is 0.516. The summed E-state index contributed by atoms with van der Waals surface area (Å²) >= 11 is 0. The maximum absolute atomic E-state index is 6.40. The maximum Gasteiger partial charge on any atom is 0.222 e. The number of ether oxygens (including phenoxy) is 1. The number of nitrogens with one attached hydrogen (secondary N) is 1. The number of nitrogens with zero attached hydrogens (tertiary/aromatic N) is 5. The molecule has 37 heavy (non-hydrogen) atoms. The van der Waals surface area contributed by atoms with E-state index >= 15 is 0 Å². The molecule has 0 amide bonds. The highest BCUT2D eigenvalue weighted by molar-refractivity contribution is 6.00. The number of rotatable bonds is 7. The number of hydrogen-bond donors (Lipinski definition) is 2. The highest BCUT2D eigenvalue weighted by atomic mass is 16.5. The van der Waals surface area contributed by atoms with Crippen LogP contribution < -0.4 is 15.8 Å². The molecule has 186 valence electrons. The Morgan fingerprint density at radius 1 is 0.892 bits per heavy atom. The Kier molecular flexibility index (Phi) is 6.37. The summed E-state index contributed by atoms with van der Waals surface area (Å²) in [5.74, 6) is 1.99. The van der Waals surface area contributed by atoms with Crippen molar-refractivity contribution >= 4 is 22.8 Å². The van der Waals surface area contributed by atoms with Crippen molar-refractivity contribution in [3.8, 4) is 16.9 Å². The number of hydrogen-bond acceptors (Lipinski definition) is 7. The second-order valence-corrected chi connectivity index (χ2v) is 9.43. The average Bonchev–Trinajstić information content (AvgIpc) is 3.35. The number of aromatic nitrogens is 5. The Hall–Kier alpha value is -4.46. The molecule has 0 bridgehead atoms. The smallest absolute Gasteiger partial charge is 0.222 e. The van der Waals surface area contributed by atoms with Crippen molar-refractivity contribution in [2.45, 2.75) is 44.4 Å². The fraction of sp³-hybridized carbons (Fsp3) is 0.241. The lowest BCUT2D eigenvalue weighted by atomic mass is 9.91. The molecule has 1 aliphatic rings. The van der Waals surface area contributed by atoms with Crippen LogP contribution in [0, 0.1) is 0 Å². The molecular weight excluding hydrogens is 462 g/mol. The van der Waals surface area contributed by atoms with Crippen LogP contribution in [0.4, 0.5) is 11.8 Å². The van der Waals surface area contributed by atoms with E-state index in [1.165, 1.54) is 0 Å². The van der Waals surface area contributed by atoms with Crippen LogP contribution in [0.15, 0.2) is 85.6 Å². The maximum atomic E-state index is 6.40. The summed E-state index contributed by atoms with van der Waals surface area (Å²) in [6.07, 6.45) is 11.4. The van der Waals surface area contributed by atoms with Crippen LogP contribution in [0.3, 0.4) is 0 Å². The highest BCUT2D eigenvalue weighted by Crippen LogP contribution is 2.39. The van der Waals surface area contributed by atoms with Gasteiger partial charge in [-0.05, 0) is 55.0 Å². The summed E-state index contributed by atoms with van der Waals surface area (Å²) in [5.41, 5.74) is 10.5. The second-order valence-electron chi connectivity index (χ2n) is 9.43. The van der Waals surface area contributed by atoms with E-state index in [-0.39, 0.29) is 0 Å². The van der Waals surface area contributed by atoms with Gasteiger partial charge in [-0.1, -0.05) is 42.5 Å². The van der Waals surface area contributed by atoms with Crippen LogP contribution >= 0.6 is 0 Å². The van der Waals surface area contributed by atoms with Gasteiger partial charge < -0.3 is 20.4 Å².